The van der Waals surface area contributed by atoms with E-state index in [9.17, 15) is 9.59 Å². The molecular weight excluding hydrogens is 432 g/mol. The third-order valence-corrected chi connectivity index (χ3v) is 7.75. The first-order chi connectivity index (χ1) is 16.1. The first kappa shape index (κ1) is 22.0. The molecule has 2 aliphatic heterocycles. The monoisotopic (exact) mass is 462 g/mol. The van der Waals surface area contributed by atoms with Crippen LogP contribution in [0.5, 0.6) is 0 Å². The van der Waals surface area contributed by atoms with E-state index in [1.165, 1.54) is 11.3 Å². The van der Waals surface area contributed by atoms with Crippen molar-refractivity contribution in [3.05, 3.63) is 54.1 Å². The van der Waals surface area contributed by atoms with Gasteiger partial charge in [-0.05, 0) is 70.0 Å². The Balaban J connectivity index is 1.30. The summed E-state index contributed by atoms with van der Waals surface area (Å²) in [5, 5.41) is 0.698. The lowest BCUT2D eigenvalue weighted by atomic mass is 9.95. The molecular formula is C26H30N4O2S. The minimum absolute atomic E-state index is 0.0160. The lowest BCUT2D eigenvalue weighted by Crippen LogP contribution is -2.45. The molecule has 3 aromatic rings. The Kier molecular flexibility index (Phi) is 6.42. The number of nitrogens with zero attached hydrogens (tertiary/aromatic N) is 4. The zero-order valence-electron chi connectivity index (χ0n) is 19.1. The second-order valence-electron chi connectivity index (χ2n) is 9.11. The number of hydrogen-bond donors (Lipinski definition) is 0. The number of rotatable bonds is 5. The van der Waals surface area contributed by atoms with Crippen LogP contribution < -0.4 is 4.90 Å². The summed E-state index contributed by atoms with van der Waals surface area (Å²) in [6.07, 6.45) is 3.90. The van der Waals surface area contributed by atoms with E-state index in [0.717, 1.165) is 73.3 Å². The number of aryl methyl sites for hydroxylation is 1. The number of para-hydroxylation sites is 1. The normalized spacial score (nSPS) is 17.5. The van der Waals surface area contributed by atoms with E-state index in [0.29, 0.717) is 17.6 Å². The Morgan fingerprint density at radius 1 is 1.00 bits per heavy atom. The van der Waals surface area contributed by atoms with Crippen molar-refractivity contribution in [1.82, 2.24) is 14.8 Å². The molecule has 7 heteroatoms. The van der Waals surface area contributed by atoms with Crippen LogP contribution in [0.2, 0.25) is 0 Å². The van der Waals surface area contributed by atoms with E-state index >= 15 is 0 Å². The molecule has 0 atom stereocenters. The first-order valence-corrected chi connectivity index (χ1v) is 12.7. The maximum atomic E-state index is 13.6. The summed E-state index contributed by atoms with van der Waals surface area (Å²) < 4.78 is 1.07. The average Bonchev–Trinajstić information content (AvgIpc) is 3.51. The predicted octanol–water partition coefficient (Wildman–Crippen LogP) is 4.60. The summed E-state index contributed by atoms with van der Waals surface area (Å²) in [4.78, 5) is 37.0. The van der Waals surface area contributed by atoms with E-state index in [-0.39, 0.29) is 11.8 Å². The largest absolute Gasteiger partial charge is 0.342 e. The maximum absolute atomic E-state index is 13.6. The van der Waals surface area contributed by atoms with Crippen LogP contribution >= 0.6 is 11.3 Å². The van der Waals surface area contributed by atoms with Gasteiger partial charge >= 0.3 is 0 Å². The molecule has 5 rings (SSSR count). The maximum Gasteiger partial charge on any atom is 0.247 e. The molecule has 6 nitrogen and oxygen atoms in total. The molecule has 0 unspecified atom stereocenters. The van der Waals surface area contributed by atoms with Gasteiger partial charge in [0.05, 0.1) is 22.4 Å². The number of benzene rings is 2. The Morgan fingerprint density at radius 2 is 1.70 bits per heavy atom. The molecule has 172 valence electrons. The quantitative estimate of drug-likeness (QED) is 0.556. The molecule has 33 heavy (non-hydrogen) atoms. The lowest BCUT2D eigenvalue weighted by Gasteiger charge is -2.33. The van der Waals surface area contributed by atoms with Crippen LogP contribution in [0.15, 0.2) is 48.5 Å². The molecule has 2 saturated heterocycles. The zero-order chi connectivity index (χ0) is 22.8. The van der Waals surface area contributed by atoms with Crippen molar-refractivity contribution in [2.75, 3.05) is 37.6 Å². The van der Waals surface area contributed by atoms with Crippen molar-refractivity contribution in [1.29, 1.82) is 0 Å². The van der Waals surface area contributed by atoms with Gasteiger partial charge in [0.2, 0.25) is 11.8 Å². The minimum Gasteiger partial charge on any atom is -0.342 e. The fourth-order valence-electron chi connectivity index (χ4n) is 4.81. The molecule has 0 radical (unpaired) electrons. The average molecular weight is 463 g/mol. The number of likely N-dealkylation sites (tertiary alicyclic amines) is 2. The molecule has 1 aromatic heterocycles. The molecule has 0 spiro atoms. The number of thiazole rings is 1. The van der Waals surface area contributed by atoms with Gasteiger partial charge in [0.1, 0.15) is 0 Å². The fraction of sp³-hybridized carbons (Fsp3) is 0.423. The summed E-state index contributed by atoms with van der Waals surface area (Å²) in [5.74, 6) is 0.434. The van der Waals surface area contributed by atoms with Gasteiger partial charge in [-0.25, -0.2) is 4.98 Å². The molecule has 2 aliphatic rings. The summed E-state index contributed by atoms with van der Waals surface area (Å²) in [6, 6.07) is 16.0. The summed E-state index contributed by atoms with van der Waals surface area (Å²) >= 11 is 1.54. The molecule has 0 bridgehead atoms. The van der Waals surface area contributed by atoms with Gasteiger partial charge in [0.15, 0.2) is 5.13 Å². The Bertz CT molecular complexity index is 1100. The molecule has 0 N–H and O–H groups in total. The molecule has 2 aromatic carbocycles. The Morgan fingerprint density at radius 3 is 2.39 bits per heavy atom. The zero-order valence-corrected chi connectivity index (χ0v) is 19.9. The van der Waals surface area contributed by atoms with Crippen molar-refractivity contribution in [3.8, 4) is 0 Å². The van der Waals surface area contributed by atoms with Gasteiger partial charge in [-0.15, -0.1) is 0 Å². The summed E-state index contributed by atoms with van der Waals surface area (Å²) in [5.41, 5.74) is 2.90. The number of hydrogen-bond acceptors (Lipinski definition) is 5. The molecule has 0 saturated carbocycles. The van der Waals surface area contributed by atoms with Gasteiger partial charge in [0, 0.05) is 19.0 Å². The van der Waals surface area contributed by atoms with Gasteiger partial charge < -0.3 is 4.90 Å². The van der Waals surface area contributed by atoms with Crippen LogP contribution in [0.1, 0.15) is 31.2 Å². The van der Waals surface area contributed by atoms with Crippen molar-refractivity contribution in [2.45, 2.75) is 32.6 Å². The molecule has 0 aliphatic carbocycles. The van der Waals surface area contributed by atoms with Gasteiger partial charge in [-0.3, -0.25) is 19.4 Å². The Hall–Kier alpha value is -2.77. The highest BCUT2D eigenvalue weighted by atomic mass is 32.1. The SMILES string of the molecule is Cc1ccc(N(C(=O)CN2CCC(C(=O)N3CCCC3)CC2)c2nc3ccccc3s2)cc1. The van der Waals surface area contributed by atoms with Crippen LogP contribution in [-0.2, 0) is 9.59 Å². The molecule has 2 fully saturated rings. The highest BCUT2D eigenvalue weighted by molar-refractivity contribution is 7.22. The van der Waals surface area contributed by atoms with Crippen molar-refractivity contribution < 1.29 is 9.59 Å². The highest BCUT2D eigenvalue weighted by Gasteiger charge is 2.31. The molecule has 2 amide bonds. The highest BCUT2D eigenvalue weighted by Crippen LogP contribution is 2.34. The standard InChI is InChI=1S/C26H30N4O2S/c1-19-8-10-21(11-9-19)30(26-27-22-6-2-3-7-23(22)33-26)24(31)18-28-16-12-20(13-17-28)25(32)29-14-4-5-15-29/h2-3,6-11,20H,4-5,12-18H2,1H3. The van der Waals surface area contributed by atoms with Crippen LogP contribution in [0.4, 0.5) is 10.8 Å². The van der Waals surface area contributed by atoms with Gasteiger partial charge in [-0.2, -0.15) is 0 Å². The number of carbonyl (C=O) groups is 2. The van der Waals surface area contributed by atoms with E-state index in [1.807, 2.05) is 60.4 Å². The van der Waals surface area contributed by atoms with Crippen LogP contribution in [0.25, 0.3) is 10.2 Å². The number of anilines is 2. The number of aromatic nitrogens is 1. The second kappa shape index (κ2) is 9.61. The first-order valence-electron chi connectivity index (χ1n) is 11.8. The number of amides is 2. The molecule has 3 heterocycles. The Labute approximate surface area is 198 Å². The summed E-state index contributed by atoms with van der Waals surface area (Å²) in [6.45, 7) is 5.74. The van der Waals surface area contributed by atoms with Gasteiger partial charge in [0.25, 0.3) is 0 Å². The smallest absolute Gasteiger partial charge is 0.247 e. The third kappa shape index (κ3) is 4.80. The fourth-order valence-corrected chi connectivity index (χ4v) is 5.81. The minimum atomic E-state index is 0.0160. The number of piperidine rings is 1. The van der Waals surface area contributed by atoms with Crippen LogP contribution in [0.3, 0.4) is 0 Å². The third-order valence-electron chi connectivity index (χ3n) is 6.73. The summed E-state index contributed by atoms with van der Waals surface area (Å²) in [7, 11) is 0. The van der Waals surface area contributed by atoms with Crippen molar-refractivity contribution in [3.63, 3.8) is 0 Å². The lowest BCUT2D eigenvalue weighted by molar-refractivity contribution is -0.136. The van der Waals surface area contributed by atoms with E-state index < -0.39 is 0 Å². The van der Waals surface area contributed by atoms with E-state index in [2.05, 4.69) is 4.90 Å². The van der Waals surface area contributed by atoms with Crippen LogP contribution in [0, 0.1) is 12.8 Å². The second-order valence-corrected chi connectivity index (χ2v) is 10.1. The van der Waals surface area contributed by atoms with Crippen molar-refractivity contribution in [2.24, 2.45) is 5.92 Å². The number of carbonyl (C=O) groups excluding carboxylic acids is 2. The van der Waals surface area contributed by atoms with E-state index in [1.54, 1.807) is 4.90 Å². The van der Waals surface area contributed by atoms with E-state index in [4.69, 9.17) is 4.98 Å². The van der Waals surface area contributed by atoms with Crippen LogP contribution in [-0.4, -0.2) is 59.3 Å². The van der Waals surface area contributed by atoms with Gasteiger partial charge in [-0.1, -0.05) is 41.2 Å². The predicted molar refractivity (Wildman–Crippen MR) is 133 cm³/mol. The topological polar surface area (TPSA) is 56.8 Å². The number of fused-ring (bicyclic) bond motifs is 1. The van der Waals surface area contributed by atoms with Crippen molar-refractivity contribution >= 4 is 44.2 Å².